The van der Waals surface area contributed by atoms with Crippen LogP contribution in [0.1, 0.15) is 18.2 Å². The molecule has 0 atom stereocenters. The molecule has 8 heteroatoms. The fourth-order valence-electron chi connectivity index (χ4n) is 2.35. The van der Waals surface area contributed by atoms with Crippen LogP contribution in [0.2, 0.25) is 0 Å². The van der Waals surface area contributed by atoms with Crippen molar-refractivity contribution in [1.82, 2.24) is 20.5 Å². The summed E-state index contributed by atoms with van der Waals surface area (Å²) in [7, 11) is 1.77. The third kappa shape index (κ3) is 8.64. The number of carbonyl (C=O) groups is 1. The Kier molecular flexibility index (Phi) is 11.1. The van der Waals surface area contributed by atoms with Crippen molar-refractivity contribution in [3.05, 3.63) is 65.7 Å². The molecule has 0 unspecified atom stereocenters. The number of aromatic nitrogens is 1. The van der Waals surface area contributed by atoms with Gasteiger partial charge in [-0.25, -0.2) is 9.38 Å². The summed E-state index contributed by atoms with van der Waals surface area (Å²) in [5.41, 5.74) is 1.85. The Hall–Kier alpha value is -2.23. The fraction of sp³-hybridized carbons (Fsp3) is 0.350. The number of nitrogens with one attached hydrogen (secondary N) is 2. The number of hydrogen-bond donors (Lipinski definition) is 2. The molecule has 0 aliphatic carbocycles. The molecular weight excluding hydrogens is 472 g/mol. The highest BCUT2D eigenvalue weighted by molar-refractivity contribution is 14.0. The van der Waals surface area contributed by atoms with E-state index < -0.39 is 0 Å². The zero-order valence-electron chi connectivity index (χ0n) is 16.2. The maximum Gasteiger partial charge on any atom is 0.241 e. The minimum atomic E-state index is -0.271. The molecule has 1 amide bonds. The highest BCUT2D eigenvalue weighted by Gasteiger charge is 2.10. The Morgan fingerprint density at radius 1 is 1.18 bits per heavy atom. The molecule has 0 aliphatic rings. The number of aliphatic imine (C=N–C) groups is 1. The van der Waals surface area contributed by atoms with Crippen LogP contribution >= 0.6 is 24.0 Å². The van der Waals surface area contributed by atoms with Crippen molar-refractivity contribution in [2.45, 2.75) is 19.9 Å². The second-order valence-electron chi connectivity index (χ2n) is 6.06. The van der Waals surface area contributed by atoms with Crippen LogP contribution in [0.3, 0.4) is 0 Å². The van der Waals surface area contributed by atoms with Crippen molar-refractivity contribution < 1.29 is 9.18 Å². The Balaban J connectivity index is 0.00000392. The zero-order valence-corrected chi connectivity index (χ0v) is 18.5. The molecule has 6 nitrogen and oxygen atoms in total. The molecule has 0 spiro atoms. The molecule has 0 bridgehead atoms. The van der Waals surface area contributed by atoms with Crippen LogP contribution in [0.4, 0.5) is 4.39 Å². The van der Waals surface area contributed by atoms with Crippen LogP contribution in [0.5, 0.6) is 0 Å². The molecule has 1 aromatic carbocycles. The van der Waals surface area contributed by atoms with E-state index in [0.717, 1.165) is 11.3 Å². The van der Waals surface area contributed by atoms with Crippen LogP contribution < -0.4 is 10.6 Å². The van der Waals surface area contributed by atoms with Crippen LogP contribution in [-0.4, -0.2) is 48.4 Å². The van der Waals surface area contributed by atoms with Crippen molar-refractivity contribution in [3.63, 3.8) is 0 Å². The van der Waals surface area contributed by atoms with E-state index in [2.05, 4.69) is 20.6 Å². The summed E-state index contributed by atoms with van der Waals surface area (Å²) in [6.07, 6.45) is 2.46. The molecule has 2 rings (SSSR count). The van der Waals surface area contributed by atoms with E-state index in [1.165, 1.54) is 12.1 Å². The standard InChI is InChI=1S/C20H26FN5O.HI/c1-3-22-20(24-14-16-7-9-17(21)10-8-16)25-15-19(27)26(2)13-11-18-6-4-5-12-23-18;/h4-10,12H,3,11,13-15H2,1-2H3,(H2,22,24,25);1H. The zero-order chi connectivity index (χ0) is 19.5. The molecule has 1 aromatic heterocycles. The third-order valence-electron chi connectivity index (χ3n) is 3.94. The summed E-state index contributed by atoms with van der Waals surface area (Å²) in [4.78, 5) is 22.7. The normalized spacial score (nSPS) is 10.8. The van der Waals surface area contributed by atoms with Crippen molar-refractivity contribution in [2.24, 2.45) is 4.99 Å². The van der Waals surface area contributed by atoms with Crippen molar-refractivity contribution in [3.8, 4) is 0 Å². The number of nitrogens with zero attached hydrogens (tertiary/aromatic N) is 3. The van der Waals surface area contributed by atoms with Gasteiger partial charge in [0.25, 0.3) is 0 Å². The van der Waals surface area contributed by atoms with Gasteiger partial charge in [-0.1, -0.05) is 18.2 Å². The molecule has 28 heavy (non-hydrogen) atoms. The fourth-order valence-corrected chi connectivity index (χ4v) is 2.35. The number of hydrogen-bond acceptors (Lipinski definition) is 3. The molecule has 0 aliphatic heterocycles. The first kappa shape index (κ1) is 23.8. The highest BCUT2D eigenvalue weighted by Crippen LogP contribution is 2.03. The first-order valence-electron chi connectivity index (χ1n) is 8.99. The van der Waals surface area contributed by atoms with Gasteiger partial charge in [-0.2, -0.15) is 0 Å². The van der Waals surface area contributed by atoms with Crippen LogP contribution in [0, 0.1) is 5.82 Å². The van der Waals surface area contributed by atoms with E-state index in [1.54, 1.807) is 30.3 Å². The summed E-state index contributed by atoms with van der Waals surface area (Å²) in [5, 5.41) is 6.14. The van der Waals surface area contributed by atoms with Gasteiger partial charge in [0.2, 0.25) is 5.91 Å². The Labute approximate surface area is 182 Å². The second kappa shape index (κ2) is 13.0. The second-order valence-corrected chi connectivity index (χ2v) is 6.06. The number of benzene rings is 1. The topological polar surface area (TPSA) is 69.6 Å². The first-order chi connectivity index (χ1) is 13.1. The van der Waals surface area contributed by atoms with Gasteiger partial charge in [-0.3, -0.25) is 9.78 Å². The van der Waals surface area contributed by atoms with Gasteiger partial charge in [0.05, 0.1) is 13.1 Å². The smallest absolute Gasteiger partial charge is 0.241 e. The van der Waals surface area contributed by atoms with Gasteiger partial charge in [0.15, 0.2) is 5.96 Å². The molecule has 0 saturated heterocycles. The number of amides is 1. The number of pyridine rings is 1. The maximum atomic E-state index is 13.0. The molecular formula is C20H27FIN5O. The van der Waals surface area contributed by atoms with Gasteiger partial charge in [0, 0.05) is 38.4 Å². The third-order valence-corrected chi connectivity index (χ3v) is 3.94. The summed E-state index contributed by atoms with van der Waals surface area (Å²) >= 11 is 0. The van der Waals surface area contributed by atoms with Crippen molar-refractivity contribution in [1.29, 1.82) is 0 Å². The van der Waals surface area contributed by atoms with E-state index >= 15 is 0 Å². The minimum Gasteiger partial charge on any atom is -0.357 e. The summed E-state index contributed by atoms with van der Waals surface area (Å²) in [6.45, 7) is 3.78. The van der Waals surface area contributed by atoms with Crippen molar-refractivity contribution in [2.75, 3.05) is 26.7 Å². The van der Waals surface area contributed by atoms with Gasteiger partial charge in [-0.05, 0) is 36.8 Å². The number of rotatable bonds is 8. The van der Waals surface area contributed by atoms with Crippen LogP contribution in [0.15, 0.2) is 53.7 Å². The Morgan fingerprint density at radius 3 is 2.57 bits per heavy atom. The van der Waals surface area contributed by atoms with Gasteiger partial charge >= 0.3 is 0 Å². The molecule has 1 heterocycles. The van der Waals surface area contributed by atoms with E-state index in [0.29, 0.717) is 32.0 Å². The van der Waals surface area contributed by atoms with E-state index in [1.807, 2.05) is 25.1 Å². The lowest BCUT2D eigenvalue weighted by Crippen LogP contribution is -2.44. The molecule has 0 saturated carbocycles. The quantitative estimate of drug-likeness (QED) is 0.333. The predicted molar refractivity (Wildman–Crippen MR) is 120 cm³/mol. The average molecular weight is 499 g/mol. The minimum absolute atomic E-state index is 0. The molecule has 0 fully saturated rings. The molecule has 152 valence electrons. The lowest BCUT2D eigenvalue weighted by molar-refractivity contribution is -0.128. The number of carbonyl (C=O) groups excluding carboxylic acids is 1. The van der Waals surface area contributed by atoms with Gasteiger partial charge in [-0.15, -0.1) is 24.0 Å². The highest BCUT2D eigenvalue weighted by atomic mass is 127. The lowest BCUT2D eigenvalue weighted by Gasteiger charge is -2.18. The van der Waals surface area contributed by atoms with Crippen molar-refractivity contribution >= 4 is 35.8 Å². The van der Waals surface area contributed by atoms with Gasteiger partial charge < -0.3 is 15.5 Å². The Morgan fingerprint density at radius 2 is 1.93 bits per heavy atom. The average Bonchev–Trinajstić information content (AvgIpc) is 2.70. The first-order valence-corrected chi connectivity index (χ1v) is 8.99. The predicted octanol–water partition coefficient (Wildman–Crippen LogP) is 2.59. The summed E-state index contributed by atoms with van der Waals surface area (Å²) in [6, 6.07) is 12.0. The lowest BCUT2D eigenvalue weighted by atomic mass is 10.2. The largest absolute Gasteiger partial charge is 0.357 e. The van der Waals surface area contributed by atoms with E-state index in [4.69, 9.17) is 0 Å². The van der Waals surface area contributed by atoms with Crippen LogP contribution in [-0.2, 0) is 17.8 Å². The number of halogens is 2. The maximum absolute atomic E-state index is 13.0. The molecule has 2 N–H and O–H groups in total. The summed E-state index contributed by atoms with van der Waals surface area (Å²) < 4.78 is 13.0. The molecule has 2 aromatic rings. The number of guanidine groups is 1. The SMILES string of the molecule is CCNC(=NCc1ccc(F)cc1)NCC(=O)N(C)CCc1ccccn1.I. The van der Waals surface area contributed by atoms with E-state index in [-0.39, 0.29) is 42.2 Å². The molecule has 0 radical (unpaired) electrons. The number of likely N-dealkylation sites (N-methyl/N-ethyl adjacent to an activating group) is 1. The summed E-state index contributed by atoms with van der Waals surface area (Å²) in [5.74, 6) is 0.249. The van der Waals surface area contributed by atoms with E-state index in [9.17, 15) is 9.18 Å². The Bertz CT molecular complexity index is 740. The van der Waals surface area contributed by atoms with Gasteiger partial charge in [0.1, 0.15) is 5.82 Å². The van der Waals surface area contributed by atoms with Crippen LogP contribution in [0.25, 0.3) is 0 Å². The monoisotopic (exact) mass is 499 g/mol.